The Bertz CT molecular complexity index is 274. The molecule has 1 unspecified atom stereocenters. The summed E-state index contributed by atoms with van der Waals surface area (Å²) in [5, 5.41) is 19.8. The molecule has 7 heteroatoms. The predicted molar refractivity (Wildman–Crippen MR) is 60.5 cm³/mol. The zero-order valence-corrected chi connectivity index (χ0v) is 9.87. The summed E-state index contributed by atoms with van der Waals surface area (Å²) >= 11 is 1.77. The average molecular weight is 248 g/mol. The lowest BCUT2D eigenvalue weighted by atomic mass is 10.3. The monoisotopic (exact) mass is 248 g/mol. The lowest BCUT2D eigenvalue weighted by molar-refractivity contribution is -0.140. The van der Waals surface area contributed by atoms with E-state index in [0.29, 0.717) is 6.54 Å². The van der Waals surface area contributed by atoms with Crippen molar-refractivity contribution in [2.75, 3.05) is 24.7 Å². The van der Waals surface area contributed by atoms with Crippen LogP contribution in [0.15, 0.2) is 0 Å². The van der Waals surface area contributed by atoms with E-state index >= 15 is 0 Å². The molecule has 0 aromatic carbocycles. The SMILES string of the molecule is CC1CSCCN1C(=O)N[C@H](CO)C(=O)O. The first-order valence-corrected chi connectivity index (χ1v) is 6.20. The third-order valence-corrected chi connectivity index (χ3v) is 3.60. The van der Waals surface area contributed by atoms with Gasteiger partial charge in [0.1, 0.15) is 0 Å². The van der Waals surface area contributed by atoms with Gasteiger partial charge >= 0.3 is 12.0 Å². The number of aliphatic hydroxyl groups is 1. The number of nitrogens with zero attached hydrogens (tertiary/aromatic N) is 1. The minimum Gasteiger partial charge on any atom is -0.480 e. The number of urea groups is 1. The van der Waals surface area contributed by atoms with E-state index in [4.69, 9.17) is 10.2 Å². The lowest BCUT2D eigenvalue weighted by Crippen LogP contribution is -2.54. The highest BCUT2D eigenvalue weighted by Gasteiger charge is 2.27. The summed E-state index contributed by atoms with van der Waals surface area (Å²) in [6.45, 7) is 1.92. The van der Waals surface area contributed by atoms with Gasteiger partial charge in [0.05, 0.1) is 6.61 Å². The van der Waals surface area contributed by atoms with Crippen molar-refractivity contribution in [2.45, 2.75) is 19.0 Å². The third kappa shape index (κ3) is 3.28. The van der Waals surface area contributed by atoms with Gasteiger partial charge < -0.3 is 20.4 Å². The fourth-order valence-corrected chi connectivity index (χ4v) is 2.46. The number of hydrogen-bond donors (Lipinski definition) is 3. The number of carbonyl (C=O) groups excluding carboxylic acids is 1. The highest BCUT2D eigenvalue weighted by Crippen LogP contribution is 2.15. The van der Waals surface area contributed by atoms with Crippen LogP contribution < -0.4 is 5.32 Å². The number of carboxylic acids is 1. The second kappa shape index (κ2) is 5.95. The molecule has 1 fully saturated rings. The fraction of sp³-hybridized carbons (Fsp3) is 0.778. The zero-order chi connectivity index (χ0) is 12.1. The second-order valence-corrected chi connectivity index (χ2v) is 4.79. The molecule has 1 rings (SSSR count). The first-order valence-electron chi connectivity index (χ1n) is 5.04. The van der Waals surface area contributed by atoms with Gasteiger partial charge in [-0.1, -0.05) is 0 Å². The number of aliphatic hydroxyl groups excluding tert-OH is 1. The van der Waals surface area contributed by atoms with Gasteiger partial charge in [-0.3, -0.25) is 0 Å². The van der Waals surface area contributed by atoms with Crippen LogP contribution in [0.2, 0.25) is 0 Å². The number of carbonyl (C=O) groups is 2. The summed E-state index contributed by atoms with van der Waals surface area (Å²) in [5.41, 5.74) is 0. The van der Waals surface area contributed by atoms with Crippen LogP contribution in [-0.4, -0.2) is 63.9 Å². The summed E-state index contributed by atoms with van der Waals surface area (Å²) in [6, 6.07) is -1.56. The number of rotatable bonds is 3. The highest BCUT2D eigenvalue weighted by molar-refractivity contribution is 7.99. The van der Waals surface area contributed by atoms with E-state index in [-0.39, 0.29) is 6.04 Å². The Morgan fingerprint density at radius 1 is 1.62 bits per heavy atom. The summed E-state index contributed by atoms with van der Waals surface area (Å²) in [5.74, 6) is 0.480. The minimum absolute atomic E-state index is 0.0897. The van der Waals surface area contributed by atoms with E-state index in [1.165, 1.54) is 0 Å². The van der Waals surface area contributed by atoms with Crippen molar-refractivity contribution >= 4 is 23.8 Å². The third-order valence-electron chi connectivity index (χ3n) is 2.41. The Hall–Kier alpha value is -0.950. The Balaban J connectivity index is 2.52. The summed E-state index contributed by atoms with van der Waals surface area (Å²) < 4.78 is 0. The number of carboxylic acid groups (broad SMARTS) is 1. The van der Waals surface area contributed by atoms with Gasteiger partial charge in [-0.25, -0.2) is 9.59 Å². The first-order chi connectivity index (χ1) is 7.56. The molecule has 0 aromatic heterocycles. The van der Waals surface area contributed by atoms with Crippen LogP contribution in [0.1, 0.15) is 6.92 Å². The molecule has 2 amide bonds. The van der Waals surface area contributed by atoms with Crippen LogP contribution in [-0.2, 0) is 4.79 Å². The van der Waals surface area contributed by atoms with Crippen LogP contribution in [0.5, 0.6) is 0 Å². The normalized spacial score (nSPS) is 22.6. The molecule has 0 aromatic rings. The van der Waals surface area contributed by atoms with E-state index in [1.54, 1.807) is 16.7 Å². The van der Waals surface area contributed by atoms with Gasteiger partial charge in [-0.05, 0) is 6.92 Å². The molecule has 3 N–H and O–H groups in total. The van der Waals surface area contributed by atoms with E-state index in [2.05, 4.69) is 5.32 Å². The van der Waals surface area contributed by atoms with Gasteiger partial charge in [-0.15, -0.1) is 0 Å². The maximum atomic E-state index is 11.7. The topological polar surface area (TPSA) is 89.9 Å². The van der Waals surface area contributed by atoms with Gasteiger partial charge in [0.25, 0.3) is 0 Å². The molecule has 1 heterocycles. The van der Waals surface area contributed by atoms with E-state index < -0.39 is 24.6 Å². The molecular formula is C9H16N2O4S. The predicted octanol–water partition coefficient (Wildman–Crippen LogP) is -0.421. The smallest absolute Gasteiger partial charge is 0.328 e. The largest absolute Gasteiger partial charge is 0.480 e. The molecule has 1 aliphatic heterocycles. The van der Waals surface area contributed by atoms with Gasteiger partial charge in [-0.2, -0.15) is 11.8 Å². The maximum Gasteiger partial charge on any atom is 0.328 e. The van der Waals surface area contributed by atoms with Gasteiger partial charge in [0.15, 0.2) is 6.04 Å². The molecule has 0 aliphatic carbocycles. The van der Waals surface area contributed by atoms with Gasteiger partial charge in [0, 0.05) is 24.1 Å². The lowest BCUT2D eigenvalue weighted by Gasteiger charge is -2.33. The van der Waals surface area contributed by atoms with Crippen molar-refractivity contribution in [1.82, 2.24) is 10.2 Å². The van der Waals surface area contributed by atoms with Crippen molar-refractivity contribution in [2.24, 2.45) is 0 Å². The number of amides is 2. The average Bonchev–Trinajstić information content (AvgIpc) is 2.25. The maximum absolute atomic E-state index is 11.7. The van der Waals surface area contributed by atoms with Gasteiger partial charge in [0.2, 0.25) is 0 Å². The second-order valence-electron chi connectivity index (χ2n) is 3.64. The molecule has 1 saturated heterocycles. The quantitative estimate of drug-likeness (QED) is 0.631. The summed E-state index contributed by atoms with van der Waals surface area (Å²) in [6.07, 6.45) is 0. The fourth-order valence-electron chi connectivity index (χ4n) is 1.45. The molecule has 92 valence electrons. The summed E-state index contributed by atoms with van der Waals surface area (Å²) in [7, 11) is 0. The number of hydrogen-bond acceptors (Lipinski definition) is 4. The van der Waals surface area contributed by atoms with Crippen molar-refractivity contribution in [3.05, 3.63) is 0 Å². The van der Waals surface area contributed by atoms with Crippen molar-refractivity contribution in [3.8, 4) is 0 Å². The minimum atomic E-state index is -1.23. The van der Waals surface area contributed by atoms with E-state index in [9.17, 15) is 9.59 Å². The summed E-state index contributed by atoms with van der Waals surface area (Å²) in [4.78, 5) is 23.9. The van der Waals surface area contributed by atoms with Crippen LogP contribution in [0, 0.1) is 0 Å². The molecule has 0 spiro atoms. The molecule has 0 bridgehead atoms. The number of nitrogens with one attached hydrogen (secondary N) is 1. The molecule has 1 aliphatic rings. The molecule has 16 heavy (non-hydrogen) atoms. The molecule has 0 saturated carbocycles. The van der Waals surface area contributed by atoms with Crippen LogP contribution in [0.3, 0.4) is 0 Å². The van der Waals surface area contributed by atoms with Crippen molar-refractivity contribution in [1.29, 1.82) is 0 Å². The standard InChI is InChI=1S/C9H16N2O4S/c1-6-5-16-3-2-11(6)9(15)10-7(4-12)8(13)14/h6-7,12H,2-5H2,1H3,(H,10,15)(H,13,14)/t6?,7-/m1/s1. The Morgan fingerprint density at radius 2 is 2.31 bits per heavy atom. The Labute approximate surface area is 98.0 Å². The number of aliphatic carboxylic acids is 1. The first kappa shape index (κ1) is 13.1. The molecule has 0 radical (unpaired) electrons. The zero-order valence-electron chi connectivity index (χ0n) is 9.05. The van der Waals surface area contributed by atoms with Crippen LogP contribution in [0.4, 0.5) is 4.79 Å². The Morgan fingerprint density at radius 3 is 2.81 bits per heavy atom. The van der Waals surface area contributed by atoms with Crippen LogP contribution >= 0.6 is 11.8 Å². The molecule has 2 atom stereocenters. The van der Waals surface area contributed by atoms with E-state index in [0.717, 1.165) is 11.5 Å². The van der Waals surface area contributed by atoms with E-state index in [1.807, 2.05) is 6.92 Å². The number of thioether (sulfide) groups is 1. The highest BCUT2D eigenvalue weighted by atomic mass is 32.2. The Kier molecular flexibility index (Phi) is 4.88. The van der Waals surface area contributed by atoms with Crippen molar-refractivity contribution < 1.29 is 19.8 Å². The van der Waals surface area contributed by atoms with Crippen molar-refractivity contribution in [3.63, 3.8) is 0 Å². The molecular weight excluding hydrogens is 232 g/mol. The van der Waals surface area contributed by atoms with Crippen LogP contribution in [0.25, 0.3) is 0 Å². The molecule has 6 nitrogen and oxygen atoms in total.